The molecule has 0 spiro atoms. The molecule has 1 aliphatic rings. The Morgan fingerprint density at radius 3 is 2.40 bits per heavy atom. The monoisotopic (exact) mass is 424 g/mol. The first kappa shape index (κ1) is 18.5. The van der Waals surface area contributed by atoms with Crippen LogP contribution in [-0.2, 0) is 0 Å². The van der Waals surface area contributed by atoms with Crippen LogP contribution in [0.4, 0.5) is 5.69 Å². The van der Waals surface area contributed by atoms with Gasteiger partial charge in [0, 0.05) is 43.4 Å². The lowest BCUT2D eigenvalue weighted by molar-refractivity contribution is 0.109. The lowest BCUT2D eigenvalue weighted by Crippen LogP contribution is -2.47. The molecule has 134 valence electrons. The van der Waals surface area contributed by atoms with Crippen molar-refractivity contribution >= 4 is 33.2 Å². The summed E-state index contributed by atoms with van der Waals surface area (Å²) in [6.45, 7) is 4.38. The van der Waals surface area contributed by atoms with Crippen LogP contribution in [0.1, 0.15) is 11.7 Å². The van der Waals surface area contributed by atoms with Gasteiger partial charge in [0.2, 0.25) is 0 Å². The fourth-order valence-corrected chi connectivity index (χ4v) is 3.76. The van der Waals surface area contributed by atoms with Crippen LogP contribution in [0.5, 0.6) is 5.75 Å². The number of aliphatic hydroxyl groups is 1. The Bertz CT molecular complexity index is 703. The fraction of sp³-hybridized carbons (Fsp3) is 0.368. The molecule has 0 radical (unpaired) electrons. The quantitative estimate of drug-likeness (QED) is 0.786. The first-order chi connectivity index (χ1) is 12.1. The first-order valence-electron chi connectivity index (χ1n) is 8.31. The normalized spacial score (nSPS) is 16.7. The molecule has 1 saturated heterocycles. The summed E-state index contributed by atoms with van der Waals surface area (Å²) in [5, 5.41) is 11.3. The molecule has 25 heavy (non-hydrogen) atoms. The summed E-state index contributed by atoms with van der Waals surface area (Å²) in [5.41, 5.74) is 2.09. The molecule has 0 bridgehead atoms. The first-order valence-corrected chi connectivity index (χ1v) is 9.48. The molecule has 4 nitrogen and oxygen atoms in total. The Labute approximate surface area is 162 Å². The third-order valence-electron chi connectivity index (χ3n) is 4.56. The van der Waals surface area contributed by atoms with Gasteiger partial charge in [-0.05, 0) is 57.9 Å². The van der Waals surface area contributed by atoms with E-state index in [9.17, 15) is 5.11 Å². The van der Waals surface area contributed by atoms with Gasteiger partial charge in [0.1, 0.15) is 5.75 Å². The van der Waals surface area contributed by atoms with E-state index in [1.807, 2.05) is 30.3 Å². The van der Waals surface area contributed by atoms with Crippen molar-refractivity contribution < 1.29 is 9.84 Å². The zero-order valence-corrected chi connectivity index (χ0v) is 16.5. The van der Waals surface area contributed by atoms with Gasteiger partial charge in [-0.2, -0.15) is 0 Å². The van der Waals surface area contributed by atoms with E-state index in [1.165, 1.54) is 5.69 Å². The van der Waals surface area contributed by atoms with Crippen molar-refractivity contribution in [2.24, 2.45) is 0 Å². The van der Waals surface area contributed by atoms with Crippen LogP contribution in [0.3, 0.4) is 0 Å². The zero-order valence-electron chi connectivity index (χ0n) is 14.2. The fourth-order valence-electron chi connectivity index (χ4n) is 3.08. The smallest absolute Gasteiger partial charge is 0.133 e. The predicted octanol–water partition coefficient (Wildman–Crippen LogP) is 3.97. The number of methoxy groups -OCH3 is 1. The second-order valence-corrected chi connectivity index (χ2v) is 7.46. The lowest BCUT2D eigenvalue weighted by atomic mass is 10.1. The highest BCUT2D eigenvalue weighted by atomic mass is 79.9. The number of aliphatic hydroxyl groups excluding tert-OH is 1. The summed E-state index contributed by atoms with van der Waals surface area (Å²) in [6.07, 6.45) is -0.510. The standard InChI is InChI=1S/C19H22BrClN2O2/c1-25-19-7-2-14(12-17(19)20)18(24)13-22-8-10-23(11-9-22)16-5-3-15(21)4-6-16/h2-7,12,18,24H,8-11,13H2,1H3. The number of β-amino-alcohol motifs (C(OH)–C–C–N with tert-alkyl or cyclic N) is 1. The van der Waals surface area contributed by atoms with E-state index < -0.39 is 6.10 Å². The molecule has 0 aromatic heterocycles. The number of hydrogen-bond acceptors (Lipinski definition) is 4. The summed E-state index contributed by atoms with van der Waals surface area (Å²) in [6, 6.07) is 13.7. The van der Waals surface area contributed by atoms with Crippen LogP contribution in [-0.4, -0.2) is 49.8 Å². The third kappa shape index (κ3) is 4.67. The van der Waals surface area contributed by atoms with Crippen molar-refractivity contribution in [3.05, 3.63) is 57.5 Å². The predicted molar refractivity (Wildman–Crippen MR) is 106 cm³/mol. The molecule has 1 heterocycles. The maximum absolute atomic E-state index is 10.5. The molecule has 3 rings (SSSR count). The average molecular weight is 426 g/mol. The van der Waals surface area contributed by atoms with Crippen molar-refractivity contribution in [2.45, 2.75) is 6.10 Å². The van der Waals surface area contributed by atoms with Crippen molar-refractivity contribution in [1.29, 1.82) is 0 Å². The molecule has 0 aliphatic carbocycles. The number of anilines is 1. The largest absolute Gasteiger partial charge is 0.496 e. The molecule has 1 aliphatic heterocycles. The van der Waals surface area contributed by atoms with Crippen molar-refractivity contribution in [2.75, 3.05) is 44.7 Å². The van der Waals surface area contributed by atoms with E-state index in [0.717, 1.165) is 47.0 Å². The van der Waals surface area contributed by atoms with Crippen LogP contribution in [0, 0.1) is 0 Å². The molecular formula is C19H22BrClN2O2. The minimum atomic E-state index is -0.510. The number of halogens is 2. The Hall–Kier alpha value is -1.27. The SMILES string of the molecule is COc1ccc(C(O)CN2CCN(c3ccc(Cl)cc3)CC2)cc1Br. The molecule has 0 saturated carbocycles. The van der Waals surface area contributed by atoms with Gasteiger partial charge in [0.15, 0.2) is 0 Å². The highest BCUT2D eigenvalue weighted by molar-refractivity contribution is 9.10. The van der Waals surface area contributed by atoms with Gasteiger partial charge in [-0.3, -0.25) is 4.90 Å². The number of rotatable bonds is 5. The number of nitrogens with zero attached hydrogens (tertiary/aromatic N) is 2. The van der Waals surface area contributed by atoms with Crippen LogP contribution in [0.15, 0.2) is 46.9 Å². The second-order valence-electron chi connectivity index (χ2n) is 6.17. The summed E-state index contributed by atoms with van der Waals surface area (Å²) in [7, 11) is 1.64. The highest BCUT2D eigenvalue weighted by Crippen LogP contribution is 2.28. The van der Waals surface area contributed by atoms with Crippen molar-refractivity contribution in [3.63, 3.8) is 0 Å². The van der Waals surface area contributed by atoms with E-state index >= 15 is 0 Å². The highest BCUT2D eigenvalue weighted by Gasteiger charge is 2.20. The Balaban J connectivity index is 1.54. The van der Waals surface area contributed by atoms with Crippen LogP contribution in [0.25, 0.3) is 0 Å². The molecular weight excluding hydrogens is 404 g/mol. The van der Waals surface area contributed by atoms with Gasteiger partial charge in [-0.15, -0.1) is 0 Å². The van der Waals surface area contributed by atoms with E-state index in [-0.39, 0.29) is 0 Å². The maximum atomic E-state index is 10.5. The molecule has 1 unspecified atom stereocenters. The van der Waals surface area contributed by atoms with Crippen LogP contribution < -0.4 is 9.64 Å². The second kappa shape index (κ2) is 8.41. The molecule has 1 fully saturated rings. The van der Waals surface area contributed by atoms with E-state index in [0.29, 0.717) is 6.54 Å². The summed E-state index contributed by atoms with van der Waals surface area (Å²) < 4.78 is 6.10. The Kier molecular flexibility index (Phi) is 6.23. The van der Waals surface area contributed by atoms with Crippen LogP contribution in [0.2, 0.25) is 5.02 Å². The Morgan fingerprint density at radius 2 is 1.80 bits per heavy atom. The number of benzene rings is 2. The number of hydrogen-bond donors (Lipinski definition) is 1. The van der Waals surface area contributed by atoms with E-state index in [2.05, 4.69) is 37.9 Å². The average Bonchev–Trinajstić information content (AvgIpc) is 2.63. The molecule has 0 amide bonds. The van der Waals surface area contributed by atoms with Crippen molar-refractivity contribution in [3.8, 4) is 5.75 Å². The molecule has 1 atom stereocenters. The summed E-state index contributed by atoms with van der Waals surface area (Å²) >= 11 is 9.43. The van der Waals surface area contributed by atoms with E-state index in [4.69, 9.17) is 16.3 Å². The third-order valence-corrected chi connectivity index (χ3v) is 5.43. The lowest BCUT2D eigenvalue weighted by Gasteiger charge is -2.37. The number of piperazine rings is 1. The molecule has 1 N–H and O–H groups in total. The summed E-state index contributed by atoms with van der Waals surface area (Å²) in [5.74, 6) is 0.771. The number of ether oxygens (including phenoxy) is 1. The van der Waals surface area contributed by atoms with Crippen molar-refractivity contribution in [1.82, 2.24) is 4.90 Å². The minimum absolute atomic E-state index is 0.510. The van der Waals surface area contributed by atoms with Gasteiger partial charge >= 0.3 is 0 Å². The van der Waals surface area contributed by atoms with Gasteiger partial charge in [-0.1, -0.05) is 17.7 Å². The van der Waals surface area contributed by atoms with Gasteiger partial charge in [0.25, 0.3) is 0 Å². The van der Waals surface area contributed by atoms with Gasteiger partial charge in [0.05, 0.1) is 17.7 Å². The maximum Gasteiger partial charge on any atom is 0.133 e. The minimum Gasteiger partial charge on any atom is -0.496 e. The molecule has 2 aromatic rings. The topological polar surface area (TPSA) is 35.9 Å². The summed E-state index contributed by atoms with van der Waals surface area (Å²) in [4.78, 5) is 4.65. The van der Waals surface area contributed by atoms with Crippen LogP contribution >= 0.6 is 27.5 Å². The zero-order chi connectivity index (χ0) is 17.8. The molecule has 2 aromatic carbocycles. The molecule has 6 heteroatoms. The van der Waals surface area contributed by atoms with Gasteiger partial charge < -0.3 is 14.7 Å². The van der Waals surface area contributed by atoms with Gasteiger partial charge in [-0.25, -0.2) is 0 Å². The van der Waals surface area contributed by atoms with E-state index in [1.54, 1.807) is 7.11 Å². The Morgan fingerprint density at radius 1 is 1.12 bits per heavy atom.